The van der Waals surface area contributed by atoms with E-state index in [0.29, 0.717) is 0 Å². The van der Waals surface area contributed by atoms with Crippen molar-refractivity contribution < 1.29 is 0 Å². The van der Waals surface area contributed by atoms with Crippen LogP contribution in [0.25, 0.3) is 0 Å². The summed E-state index contributed by atoms with van der Waals surface area (Å²) < 4.78 is 0. The third-order valence-corrected chi connectivity index (χ3v) is 2.58. The van der Waals surface area contributed by atoms with E-state index in [4.69, 9.17) is 11.6 Å². The van der Waals surface area contributed by atoms with Gasteiger partial charge in [0.25, 0.3) is 0 Å². The van der Waals surface area contributed by atoms with Crippen molar-refractivity contribution in [3.63, 3.8) is 0 Å². The van der Waals surface area contributed by atoms with Crippen molar-refractivity contribution in [3.05, 3.63) is 34.9 Å². The Balaban J connectivity index is 3.05. The highest BCUT2D eigenvalue weighted by molar-refractivity contribution is 6.31. The first-order valence-electron chi connectivity index (χ1n) is 5.66. The van der Waals surface area contributed by atoms with Gasteiger partial charge >= 0.3 is 0 Å². The molecule has 0 aliphatic heterocycles. The van der Waals surface area contributed by atoms with E-state index in [2.05, 4.69) is 16.0 Å². The Morgan fingerprint density at radius 1 is 1.00 bits per heavy atom. The summed E-state index contributed by atoms with van der Waals surface area (Å²) >= 11 is 6.16. The molecule has 1 aromatic rings. The molecule has 3 heteroatoms. The van der Waals surface area contributed by atoms with Crippen molar-refractivity contribution >= 4 is 17.6 Å². The van der Waals surface area contributed by atoms with Gasteiger partial charge in [-0.15, -0.1) is 0 Å². The largest absolute Gasteiger partial charge is 0.220 e. The van der Waals surface area contributed by atoms with Crippen LogP contribution in [0.5, 0.6) is 0 Å². The summed E-state index contributed by atoms with van der Waals surface area (Å²) in [6.45, 7) is 10.0. The minimum atomic E-state index is -0.410. The van der Waals surface area contributed by atoms with Gasteiger partial charge in [0.2, 0.25) is 0 Å². The van der Waals surface area contributed by atoms with Crippen LogP contribution in [0.3, 0.4) is 0 Å². The molecule has 1 rings (SSSR count). The molecule has 0 heterocycles. The van der Waals surface area contributed by atoms with Crippen molar-refractivity contribution in [1.29, 1.82) is 0 Å². The van der Waals surface area contributed by atoms with Crippen LogP contribution in [0.1, 0.15) is 40.2 Å². The number of hydrogen-bond acceptors (Lipinski definition) is 2. The second-order valence-electron chi connectivity index (χ2n) is 5.53. The molecule has 0 fully saturated rings. The third-order valence-electron chi connectivity index (χ3n) is 2.25. The van der Waals surface area contributed by atoms with Gasteiger partial charge in [-0.2, -0.15) is 0 Å². The van der Waals surface area contributed by atoms with Crippen LogP contribution in [0, 0.1) is 0 Å². The summed E-state index contributed by atoms with van der Waals surface area (Å²) in [7, 11) is 0. The third kappa shape index (κ3) is 4.33. The fourth-order valence-corrected chi connectivity index (χ4v) is 1.68. The average molecular weight is 251 g/mol. The molecule has 0 unspecified atom stereocenters. The predicted octanol–water partition coefficient (Wildman–Crippen LogP) is 4.55. The van der Waals surface area contributed by atoms with E-state index < -0.39 is 5.54 Å². The van der Waals surface area contributed by atoms with Crippen LogP contribution in [0.15, 0.2) is 34.3 Å². The number of hydrogen-bond donors (Lipinski definition) is 0. The van der Waals surface area contributed by atoms with Crippen molar-refractivity contribution in [2.24, 2.45) is 9.98 Å². The number of rotatable bonds is 2. The molecular formula is C14H19ClN2. The van der Waals surface area contributed by atoms with Crippen LogP contribution < -0.4 is 0 Å². The van der Waals surface area contributed by atoms with E-state index in [0.717, 1.165) is 10.6 Å². The first-order chi connectivity index (χ1) is 7.72. The zero-order valence-corrected chi connectivity index (χ0v) is 11.8. The van der Waals surface area contributed by atoms with E-state index in [1.165, 1.54) is 0 Å². The smallest absolute Gasteiger partial charge is 0.0924 e. The maximum absolute atomic E-state index is 6.16. The van der Waals surface area contributed by atoms with Gasteiger partial charge in [0.1, 0.15) is 0 Å². The molecule has 92 valence electrons. The summed E-state index contributed by atoms with van der Waals surface area (Å²) in [6, 6.07) is 10.5. The highest BCUT2D eigenvalue weighted by Crippen LogP contribution is 2.30. The van der Waals surface area contributed by atoms with E-state index in [9.17, 15) is 0 Å². The highest BCUT2D eigenvalue weighted by atomic mass is 35.5. The Morgan fingerprint density at radius 2 is 1.59 bits per heavy atom. The molecule has 0 amide bonds. The van der Waals surface area contributed by atoms with Gasteiger partial charge in [-0.05, 0) is 46.2 Å². The fourth-order valence-electron chi connectivity index (χ4n) is 1.32. The fraction of sp³-hybridized carbons (Fsp3) is 0.500. The molecule has 0 saturated carbocycles. The van der Waals surface area contributed by atoms with Crippen LogP contribution >= 0.6 is 11.6 Å². The van der Waals surface area contributed by atoms with Crippen LogP contribution in [-0.4, -0.2) is 11.5 Å². The maximum atomic E-state index is 6.16. The lowest BCUT2D eigenvalue weighted by Crippen LogP contribution is -2.14. The molecule has 0 radical (unpaired) electrons. The highest BCUT2D eigenvalue weighted by Gasteiger charge is 2.21. The van der Waals surface area contributed by atoms with Crippen molar-refractivity contribution in [2.75, 3.05) is 0 Å². The Labute approximate surface area is 108 Å². The Morgan fingerprint density at radius 3 is 2.12 bits per heavy atom. The molecule has 0 aliphatic rings. The van der Waals surface area contributed by atoms with Gasteiger partial charge in [0.15, 0.2) is 0 Å². The first kappa shape index (κ1) is 14.0. The van der Waals surface area contributed by atoms with Gasteiger partial charge < -0.3 is 0 Å². The second kappa shape index (κ2) is 5.03. The van der Waals surface area contributed by atoms with Crippen molar-refractivity contribution in [1.82, 2.24) is 0 Å². The molecule has 1 aromatic carbocycles. The SMILES string of the molecule is CC(C)(C)N=C=NC(C)(C)c1ccccc1Cl. The van der Waals surface area contributed by atoms with Gasteiger partial charge in [-0.3, -0.25) is 0 Å². The van der Waals surface area contributed by atoms with Crippen molar-refractivity contribution in [3.8, 4) is 0 Å². The first-order valence-corrected chi connectivity index (χ1v) is 6.04. The molecule has 0 aliphatic carbocycles. The lowest BCUT2D eigenvalue weighted by Gasteiger charge is -2.19. The predicted molar refractivity (Wildman–Crippen MR) is 74.1 cm³/mol. The standard InChI is InChI=1S/C14H19ClN2/c1-13(2,3)16-10-17-14(4,5)11-8-6-7-9-12(11)15/h6-9H,1-5H3. The summed E-state index contributed by atoms with van der Waals surface area (Å²) in [5.41, 5.74) is 0.422. The summed E-state index contributed by atoms with van der Waals surface area (Å²) in [4.78, 5) is 8.61. The number of halogens is 1. The lowest BCUT2D eigenvalue weighted by atomic mass is 9.95. The molecular weight excluding hydrogens is 232 g/mol. The zero-order chi connectivity index (χ0) is 13.1. The molecule has 0 saturated heterocycles. The second-order valence-corrected chi connectivity index (χ2v) is 5.94. The molecule has 0 N–H and O–H groups in total. The van der Waals surface area contributed by atoms with Gasteiger partial charge in [-0.25, -0.2) is 9.98 Å². The summed E-state index contributed by atoms with van der Waals surface area (Å²) in [5, 5.41) is 0.721. The van der Waals surface area contributed by atoms with E-state index >= 15 is 0 Å². The Kier molecular flexibility index (Phi) is 4.13. The van der Waals surface area contributed by atoms with E-state index in [-0.39, 0.29) is 5.54 Å². The molecule has 0 atom stereocenters. The van der Waals surface area contributed by atoms with E-state index in [1.807, 2.05) is 58.9 Å². The number of nitrogens with zero attached hydrogens (tertiary/aromatic N) is 2. The van der Waals surface area contributed by atoms with Crippen LogP contribution in [0.4, 0.5) is 0 Å². The molecule has 17 heavy (non-hydrogen) atoms. The molecule has 0 aromatic heterocycles. The monoisotopic (exact) mass is 250 g/mol. The minimum Gasteiger partial charge on any atom is -0.220 e. The van der Waals surface area contributed by atoms with Gasteiger partial charge in [0.05, 0.1) is 17.1 Å². The Bertz CT molecular complexity index is 450. The minimum absolute atomic E-state index is 0.153. The van der Waals surface area contributed by atoms with Crippen LogP contribution in [-0.2, 0) is 5.54 Å². The van der Waals surface area contributed by atoms with E-state index in [1.54, 1.807) is 0 Å². The maximum Gasteiger partial charge on any atom is 0.0924 e. The quantitative estimate of drug-likeness (QED) is 0.688. The van der Waals surface area contributed by atoms with Gasteiger partial charge in [0, 0.05) is 5.02 Å². The molecule has 2 nitrogen and oxygen atoms in total. The van der Waals surface area contributed by atoms with Crippen LogP contribution in [0.2, 0.25) is 5.02 Å². The topological polar surface area (TPSA) is 24.7 Å². The summed E-state index contributed by atoms with van der Waals surface area (Å²) in [6.07, 6.45) is 0. The van der Waals surface area contributed by atoms with Crippen molar-refractivity contribution in [2.45, 2.75) is 45.7 Å². The zero-order valence-electron chi connectivity index (χ0n) is 11.1. The molecule has 0 bridgehead atoms. The number of aliphatic imine (C=N–C) groups is 2. The lowest BCUT2D eigenvalue weighted by molar-refractivity contribution is 0.554. The Hall–Kier alpha value is -1.11. The van der Waals surface area contributed by atoms with Gasteiger partial charge in [-0.1, -0.05) is 29.8 Å². The normalized spacial score (nSPS) is 11.9. The summed E-state index contributed by atoms with van der Waals surface area (Å²) in [5.74, 6) is 0. The molecule has 0 spiro atoms. The number of benzene rings is 1. The average Bonchev–Trinajstić information content (AvgIpc) is 2.15.